The molecule has 7 heteroatoms. The largest absolute Gasteiger partial charge is 0.394 e. The summed E-state index contributed by atoms with van der Waals surface area (Å²) < 4.78 is 0. The second-order valence-corrected chi connectivity index (χ2v) is 6.31. The van der Waals surface area contributed by atoms with Crippen LogP contribution in [0.4, 0.5) is 11.6 Å². The van der Waals surface area contributed by atoms with E-state index in [0.717, 1.165) is 57.1 Å². The lowest BCUT2D eigenvalue weighted by molar-refractivity contribution is -0.127. The van der Waals surface area contributed by atoms with E-state index in [-0.39, 0.29) is 18.6 Å². The minimum absolute atomic E-state index is 0.158. The molecule has 0 radical (unpaired) electrons. The fourth-order valence-electron chi connectivity index (χ4n) is 3.36. The number of aliphatic hydroxyl groups is 1. The Kier molecular flexibility index (Phi) is 4.95. The van der Waals surface area contributed by atoms with E-state index in [0.29, 0.717) is 6.42 Å². The Balaban J connectivity index is 1.63. The summed E-state index contributed by atoms with van der Waals surface area (Å²) in [5.41, 5.74) is 0. The zero-order valence-electron chi connectivity index (χ0n) is 13.7. The average molecular weight is 319 g/mol. The summed E-state index contributed by atoms with van der Waals surface area (Å²) in [5.74, 6) is 1.98. The number of carbonyl (C=O) groups is 1. The molecule has 1 atom stereocenters. The first-order valence-corrected chi connectivity index (χ1v) is 8.37. The minimum Gasteiger partial charge on any atom is -0.394 e. The number of likely N-dealkylation sites (N-methyl/N-ethyl adjacent to an activating group) is 1. The van der Waals surface area contributed by atoms with Gasteiger partial charge in [0.1, 0.15) is 18.0 Å². The molecule has 1 aromatic rings. The van der Waals surface area contributed by atoms with Crippen LogP contribution in [0.3, 0.4) is 0 Å². The molecule has 3 rings (SSSR count). The van der Waals surface area contributed by atoms with Crippen LogP contribution in [0.1, 0.15) is 25.7 Å². The summed E-state index contributed by atoms with van der Waals surface area (Å²) >= 11 is 0. The predicted molar refractivity (Wildman–Crippen MR) is 88.6 cm³/mol. The quantitative estimate of drug-likeness (QED) is 0.823. The Morgan fingerprint density at radius 1 is 1.35 bits per heavy atom. The third kappa shape index (κ3) is 3.55. The molecule has 2 fully saturated rings. The number of carbonyl (C=O) groups excluding carboxylic acids is 1. The van der Waals surface area contributed by atoms with E-state index in [9.17, 15) is 9.90 Å². The summed E-state index contributed by atoms with van der Waals surface area (Å²) in [7, 11) is 1.99. The van der Waals surface area contributed by atoms with Gasteiger partial charge in [-0.15, -0.1) is 0 Å². The molecule has 2 saturated heterocycles. The smallest absolute Gasteiger partial charge is 0.222 e. The predicted octanol–water partition coefficient (Wildman–Crippen LogP) is 0.496. The third-order valence-electron chi connectivity index (χ3n) is 4.79. The van der Waals surface area contributed by atoms with Crippen molar-refractivity contribution in [2.75, 3.05) is 49.6 Å². The first kappa shape index (κ1) is 16.0. The molecule has 0 spiro atoms. The molecule has 1 amide bonds. The van der Waals surface area contributed by atoms with E-state index in [4.69, 9.17) is 0 Å². The van der Waals surface area contributed by atoms with Crippen molar-refractivity contribution in [2.45, 2.75) is 31.7 Å². The fraction of sp³-hybridized carbons (Fsp3) is 0.688. The maximum Gasteiger partial charge on any atom is 0.222 e. The molecule has 126 valence electrons. The van der Waals surface area contributed by atoms with Gasteiger partial charge in [0, 0.05) is 45.7 Å². The normalized spacial score (nSPS) is 21.3. The van der Waals surface area contributed by atoms with E-state index >= 15 is 0 Å². The number of nitrogens with zero attached hydrogens (tertiary/aromatic N) is 5. The van der Waals surface area contributed by atoms with Gasteiger partial charge in [-0.3, -0.25) is 4.79 Å². The molecule has 0 saturated carbocycles. The number of aliphatic hydroxyl groups excluding tert-OH is 1. The maximum atomic E-state index is 11.7. The highest BCUT2D eigenvalue weighted by Crippen LogP contribution is 2.25. The molecular weight excluding hydrogens is 294 g/mol. The lowest BCUT2D eigenvalue weighted by Crippen LogP contribution is -2.35. The molecule has 7 nitrogen and oxygen atoms in total. The monoisotopic (exact) mass is 319 g/mol. The van der Waals surface area contributed by atoms with Crippen LogP contribution in [0.25, 0.3) is 0 Å². The standard InChI is InChI=1S/C16H25N5O2/c1-19(8-9-20-6-3-5-16(20)23)14-10-15(18-12-17-14)21-7-2-4-13(21)11-22/h10,12-13,22H,2-9,11H2,1H3. The van der Waals surface area contributed by atoms with E-state index in [1.54, 1.807) is 6.33 Å². The molecule has 2 aliphatic heterocycles. The van der Waals surface area contributed by atoms with Gasteiger partial charge in [0.2, 0.25) is 5.91 Å². The van der Waals surface area contributed by atoms with Crippen LogP contribution in [0, 0.1) is 0 Å². The molecule has 1 aromatic heterocycles. The lowest BCUT2D eigenvalue weighted by atomic mass is 10.2. The van der Waals surface area contributed by atoms with Crippen LogP contribution < -0.4 is 9.80 Å². The number of anilines is 2. The van der Waals surface area contributed by atoms with E-state index < -0.39 is 0 Å². The lowest BCUT2D eigenvalue weighted by Gasteiger charge is -2.26. The van der Waals surface area contributed by atoms with Crippen molar-refractivity contribution in [1.82, 2.24) is 14.9 Å². The van der Waals surface area contributed by atoms with Crippen molar-refractivity contribution in [3.63, 3.8) is 0 Å². The van der Waals surface area contributed by atoms with Crippen molar-refractivity contribution >= 4 is 17.5 Å². The van der Waals surface area contributed by atoms with Gasteiger partial charge in [-0.25, -0.2) is 9.97 Å². The molecular formula is C16H25N5O2. The molecule has 3 heterocycles. The average Bonchev–Trinajstić information content (AvgIpc) is 3.21. The van der Waals surface area contributed by atoms with E-state index in [2.05, 4.69) is 19.8 Å². The second-order valence-electron chi connectivity index (χ2n) is 6.31. The summed E-state index contributed by atoms with van der Waals surface area (Å²) in [4.78, 5) is 26.5. The molecule has 0 aromatic carbocycles. The van der Waals surface area contributed by atoms with Gasteiger partial charge in [0.25, 0.3) is 0 Å². The first-order chi connectivity index (χ1) is 11.2. The number of hydrogen-bond acceptors (Lipinski definition) is 6. The van der Waals surface area contributed by atoms with Gasteiger partial charge in [0.15, 0.2) is 0 Å². The SMILES string of the molecule is CN(CCN1CCCC1=O)c1cc(N2CCCC2CO)ncn1. The number of hydrogen-bond donors (Lipinski definition) is 1. The zero-order valence-corrected chi connectivity index (χ0v) is 13.7. The first-order valence-electron chi connectivity index (χ1n) is 8.37. The van der Waals surface area contributed by atoms with Crippen molar-refractivity contribution in [2.24, 2.45) is 0 Å². The van der Waals surface area contributed by atoms with Gasteiger partial charge < -0.3 is 19.8 Å². The Morgan fingerprint density at radius 2 is 2.22 bits per heavy atom. The van der Waals surface area contributed by atoms with Crippen LogP contribution in [0.5, 0.6) is 0 Å². The highest BCUT2D eigenvalue weighted by Gasteiger charge is 2.25. The fourth-order valence-corrected chi connectivity index (χ4v) is 3.36. The Hall–Kier alpha value is -1.89. The van der Waals surface area contributed by atoms with Gasteiger partial charge in [-0.1, -0.05) is 0 Å². The van der Waals surface area contributed by atoms with Crippen molar-refractivity contribution in [3.8, 4) is 0 Å². The molecule has 2 aliphatic rings. The Labute approximate surface area is 136 Å². The second kappa shape index (κ2) is 7.12. The van der Waals surface area contributed by atoms with Crippen LogP contribution >= 0.6 is 0 Å². The highest BCUT2D eigenvalue weighted by molar-refractivity contribution is 5.78. The topological polar surface area (TPSA) is 72.8 Å². The van der Waals surface area contributed by atoms with Crippen molar-refractivity contribution in [1.29, 1.82) is 0 Å². The number of amides is 1. The molecule has 1 unspecified atom stereocenters. The highest BCUT2D eigenvalue weighted by atomic mass is 16.3. The number of rotatable bonds is 6. The molecule has 0 aliphatic carbocycles. The van der Waals surface area contributed by atoms with E-state index in [1.165, 1.54) is 0 Å². The zero-order chi connectivity index (χ0) is 16.2. The minimum atomic E-state index is 0.158. The Morgan fingerprint density at radius 3 is 2.96 bits per heavy atom. The van der Waals surface area contributed by atoms with Gasteiger partial charge >= 0.3 is 0 Å². The van der Waals surface area contributed by atoms with Crippen LogP contribution in [-0.2, 0) is 4.79 Å². The summed E-state index contributed by atoms with van der Waals surface area (Å²) in [5, 5.41) is 9.47. The van der Waals surface area contributed by atoms with Crippen LogP contribution in [-0.4, -0.2) is 71.8 Å². The van der Waals surface area contributed by atoms with Crippen LogP contribution in [0.2, 0.25) is 0 Å². The summed E-state index contributed by atoms with van der Waals surface area (Å²) in [6.07, 6.45) is 5.31. The summed E-state index contributed by atoms with van der Waals surface area (Å²) in [6, 6.07) is 2.13. The van der Waals surface area contributed by atoms with Gasteiger partial charge in [-0.05, 0) is 19.3 Å². The summed E-state index contributed by atoms with van der Waals surface area (Å²) in [6.45, 7) is 3.44. The van der Waals surface area contributed by atoms with Crippen molar-refractivity contribution in [3.05, 3.63) is 12.4 Å². The molecule has 1 N–H and O–H groups in total. The molecule has 23 heavy (non-hydrogen) atoms. The number of aromatic nitrogens is 2. The van der Waals surface area contributed by atoms with Crippen LogP contribution in [0.15, 0.2) is 12.4 Å². The molecule has 0 bridgehead atoms. The maximum absolute atomic E-state index is 11.7. The Bertz CT molecular complexity index is 553. The van der Waals surface area contributed by atoms with Gasteiger partial charge in [-0.2, -0.15) is 0 Å². The number of likely N-dealkylation sites (tertiary alicyclic amines) is 1. The van der Waals surface area contributed by atoms with Crippen molar-refractivity contribution < 1.29 is 9.90 Å². The van der Waals surface area contributed by atoms with Gasteiger partial charge in [0.05, 0.1) is 12.6 Å². The third-order valence-corrected chi connectivity index (χ3v) is 4.79. The van der Waals surface area contributed by atoms with E-state index in [1.807, 2.05) is 18.0 Å².